The standard InChI is InChI=1S/C23H17ClN2O.C2H2O4/c24-21-13-7-6-12-20(21)23(22(27-23)26-15-14-25-16-26)19-11-5-4-10-18(19)17-8-2-1-3-9-17;3-1(4)2(5)6/h1-16,22H;(H,3,4)(H,5,6). The van der Waals surface area contributed by atoms with Gasteiger partial charge in [-0.05, 0) is 17.2 Å². The first-order valence-corrected chi connectivity index (χ1v) is 10.3. The molecule has 3 aromatic carbocycles. The lowest BCUT2D eigenvalue weighted by Crippen LogP contribution is -2.16. The van der Waals surface area contributed by atoms with Crippen molar-refractivity contribution in [2.24, 2.45) is 0 Å². The number of hydrogen-bond acceptors (Lipinski definition) is 4. The van der Waals surface area contributed by atoms with Crippen LogP contribution < -0.4 is 0 Å². The topological polar surface area (TPSA) is 105 Å². The van der Waals surface area contributed by atoms with Crippen LogP contribution >= 0.6 is 11.6 Å². The molecule has 5 rings (SSSR count). The summed E-state index contributed by atoms with van der Waals surface area (Å²) in [4.78, 5) is 22.4. The number of nitrogens with zero attached hydrogens (tertiary/aromatic N) is 2. The fourth-order valence-electron chi connectivity index (χ4n) is 3.80. The third-order valence-electron chi connectivity index (χ3n) is 5.25. The predicted octanol–water partition coefficient (Wildman–Crippen LogP) is 4.83. The number of hydrogen-bond donors (Lipinski definition) is 2. The molecular formula is C25H19ClN2O5. The molecule has 7 nitrogen and oxygen atoms in total. The minimum absolute atomic E-state index is 0.190. The van der Waals surface area contributed by atoms with E-state index in [1.54, 1.807) is 12.5 Å². The van der Waals surface area contributed by atoms with Gasteiger partial charge >= 0.3 is 11.9 Å². The maximum Gasteiger partial charge on any atom is 0.414 e. The molecule has 0 aliphatic carbocycles. The number of carboxylic acids is 2. The maximum atomic E-state index is 9.10. The largest absolute Gasteiger partial charge is 0.473 e. The zero-order chi connectivity index (χ0) is 23.4. The van der Waals surface area contributed by atoms with Gasteiger partial charge in [-0.2, -0.15) is 0 Å². The average molecular weight is 463 g/mol. The Hall–Kier alpha value is -3.94. The number of epoxide rings is 1. The Balaban J connectivity index is 0.000000385. The van der Waals surface area contributed by atoms with Gasteiger partial charge in [-0.25, -0.2) is 14.6 Å². The van der Waals surface area contributed by atoms with Gasteiger partial charge in [0.25, 0.3) is 0 Å². The van der Waals surface area contributed by atoms with Crippen molar-refractivity contribution in [2.45, 2.75) is 11.8 Å². The van der Waals surface area contributed by atoms with Gasteiger partial charge in [0.15, 0.2) is 11.8 Å². The smallest absolute Gasteiger partial charge is 0.414 e. The molecule has 1 saturated heterocycles. The van der Waals surface area contributed by atoms with Gasteiger partial charge < -0.3 is 19.5 Å². The number of ether oxygens (including phenoxy) is 1. The van der Waals surface area contributed by atoms with Gasteiger partial charge in [0.1, 0.15) is 0 Å². The minimum atomic E-state index is -1.82. The van der Waals surface area contributed by atoms with Crippen LogP contribution in [0.1, 0.15) is 17.4 Å². The van der Waals surface area contributed by atoms with E-state index in [9.17, 15) is 0 Å². The summed E-state index contributed by atoms with van der Waals surface area (Å²) in [6.45, 7) is 0. The van der Waals surface area contributed by atoms with Gasteiger partial charge in [0, 0.05) is 28.5 Å². The summed E-state index contributed by atoms with van der Waals surface area (Å²) in [5, 5.41) is 15.5. The number of halogens is 1. The van der Waals surface area contributed by atoms with E-state index >= 15 is 0 Å². The Morgan fingerprint density at radius 1 is 0.879 bits per heavy atom. The van der Waals surface area contributed by atoms with Gasteiger partial charge in [0.05, 0.1) is 6.33 Å². The highest BCUT2D eigenvalue weighted by Crippen LogP contribution is 2.61. The Bertz CT molecular complexity index is 1260. The molecule has 1 aliphatic rings. The van der Waals surface area contributed by atoms with E-state index < -0.39 is 17.5 Å². The highest BCUT2D eigenvalue weighted by atomic mass is 35.5. The Morgan fingerprint density at radius 2 is 1.48 bits per heavy atom. The van der Waals surface area contributed by atoms with Gasteiger partial charge in [0.2, 0.25) is 0 Å². The van der Waals surface area contributed by atoms with Crippen LogP contribution in [0.15, 0.2) is 97.6 Å². The molecule has 0 amide bonds. The second kappa shape index (κ2) is 9.28. The van der Waals surface area contributed by atoms with Crippen LogP contribution in [0.2, 0.25) is 5.02 Å². The molecule has 2 unspecified atom stereocenters. The molecular weight excluding hydrogens is 444 g/mol. The fraction of sp³-hybridized carbons (Fsp3) is 0.0800. The Labute approximate surface area is 194 Å². The average Bonchev–Trinajstić information content (AvgIpc) is 3.33. The number of carbonyl (C=O) groups is 2. The minimum Gasteiger partial charge on any atom is -0.473 e. The van der Waals surface area contributed by atoms with Crippen molar-refractivity contribution in [1.82, 2.24) is 9.55 Å². The normalized spacial score (nSPS) is 18.6. The zero-order valence-corrected chi connectivity index (χ0v) is 18.0. The van der Waals surface area contributed by atoms with Crippen molar-refractivity contribution in [2.75, 3.05) is 0 Å². The zero-order valence-electron chi connectivity index (χ0n) is 17.2. The summed E-state index contributed by atoms with van der Waals surface area (Å²) in [7, 11) is 0. The van der Waals surface area contributed by atoms with E-state index in [1.807, 2.05) is 47.2 Å². The first-order chi connectivity index (χ1) is 15.9. The van der Waals surface area contributed by atoms with Crippen LogP contribution in [0.3, 0.4) is 0 Å². The number of imidazole rings is 1. The molecule has 1 fully saturated rings. The van der Waals surface area contributed by atoms with Crippen LogP contribution in [0.25, 0.3) is 11.1 Å². The molecule has 2 atom stereocenters. The Morgan fingerprint density at radius 3 is 2.09 bits per heavy atom. The number of aromatic nitrogens is 2. The molecule has 0 radical (unpaired) electrons. The van der Waals surface area contributed by atoms with E-state index in [4.69, 9.17) is 36.1 Å². The van der Waals surface area contributed by atoms with Crippen LogP contribution in [-0.4, -0.2) is 31.7 Å². The van der Waals surface area contributed by atoms with E-state index in [0.29, 0.717) is 5.02 Å². The Kier molecular flexibility index (Phi) is 6.26. The quantitative estimate of drug-likeness (QED) is 0.332. The van der Waals surface area contributed by atoms with Crippen LogP contribution in [-0.2, 0) is 19.9 Å². The molecule has 1 aliphatic heterocycles. The SMILES string of the molecule is Clc1ccccc1C1(c2ccccc2-c2ccccc2)OC1n1ccnc1.O=C(O)C(=O)O. The number of carboxylic acid groups (broad SMARTS) is 2. The summed E-state index contributed by atoms with van der Waals surface area (Å²) in [6, 6.07) is 26.6. The van der Waals surface area contributed by atoms with Crippen molar-refractivity contribution in [1.29, 1.82) is 0 Å². The fourth-order valence-corrected chi connectivity index (χ4v) is 4.07. The summed E-state index contributed by atoms with van der Waals surface area (Å²) in [6.07, 6.45) is 5.29. The highest BCUT2D eigenvalue weighted by molar-refractivity contribution is 6.31. The summed E-state index contributed by atoms with van der Waals surface area (Å²) in [5.41, 5.74) is 3.71. The molecule has 0 saturated carbocycles. The van der Waals surface area contributed by atoms with E-state index in [0.717, 1.165) is 22.3 Å². The van der Waals surface area contributed by atoms with E-state index in [1.165, 1.54) is 0 Å². The molecule has 0 spiro atoms. The van der Waals surface area contributed by atoms with E-state index in [-0.39, 0.29) is 6.23 Å². The maximum absolute atomic E-state index is 9.10. The van der Waals surface area contributed by atoms with Crippen LogP contribution in [0.5, 0.6) is 0 Å². The highest BCUT2D eigenvalue weighted by Gasteiger charge is 2.62. The third-order valence-corrected chi connectivity index (χ3v) is 5.58. The van der Waals surface area contributed by atoms with Gasteiger partial charge in [-0.3, -0.25) is 0 Å². The summed E-state index contributed by atoms with van der Waals surface area (Å²) < 4.78 is 8.39. The summed E-state index contributed by atoms with van der Waals surface area (Å²) in [5.74, 6) is -3.65. The molecule has 1 aromatic heterocycles. The lowest BCUT2D eigenvalue weighted by atomic mass is 9.84. The predicted molar refractivity (Wildman–Crippen MR) is 122 cm³/mol. The lowest BCUT2D eigenvalue weighted by molar-refractivity contribution is -0.159. The molecule has 2 heterocycles. The van der Waals surface area contributed by atoms with Crippen molar-refractivity contribution in [3.8, 4) is 11.1 Å². The second-order valence-electron chi connectivity index (χ2n) is 7.22. The molecule has 166 valence electrons. The van der Waals surface area contributed by atoms with E-state index in [2.05, 4.69) is 47.4 Å². The van der Waals surface area contributed by atoms with Crippen LogP contribution in [0.4, 0.5) is 0 Å². The number of aliphatic carboxylic acids is 2. The monoisotopic (exact) mass is 462 g/mol. The van der Waals surface area contributed by atoms with Crippen LogP contribution in [0, 0.1) is 0 Å². The summed E-state index contributed by atoms with van der Waals surface area (Å²) >= 11 is 6.62. The second-order valence-corrected chi connectivity index (χ2v) is 7.62. The van der Waals surface area contributed by atoms with Gasteiger partial charge in [-0.1, -0.05) is 84.4 Å². The third kappa shape index (κ3) is 4.37. The first kappa shape index (κ1) is 22.3. The lowest BCUT2D eigenvalue weighted by Gasteiger charge is -2.20. The molecule has 33 heavy (non-hydrogen) atoms. The number of benzene rings is 3. The van der Waals surface area contributed by atoms with Crippen molar-refractivity contribution >= 4 is 23.5 Å². The van der Waals surface area contributed by atoms with Gasteiger partial charge in [-0.15, -0.1) is 0 Å². The molecule has 8 heteroatoms. The first-order valence-electron chi connectivity index (χ1n) is 9.96. The molecule has 4 aromatic rings. The van der Waals surface area contributed by atoms with Crippen molar-refractivity contribution in [3.63, 3.8) is 0 Å². The molecule has 2 N–H and O–H groups in total. The molecule has 0 bridgehead atoms. The number of rotatable bonds is 4. The van der Waals surface area contributed by atoms with Crippen molar-refractivity contribution < 1.29 is 24.5 Å². The van der Waals surface area contributed by atoms with Crippen molar-refractivity contribution in [3.05, 3.63) is 114 Å².